The number of nitrogens with zero attached hydrogens (tertiary/aromatic N) is 4. The molecular weight excluding hydrogens is 391 g/mol. The molecule has 8 nitrogen and oxygen atoms in total. The molecule has 1 aromatic rings. The molecular formula is C18H26F3N5O3. The number of ether oxygens (including phenoxy) is 2. The van der Waals surface area contributed by atoms with Crippen molar-refractivity contribution in [3.63, 3.8) is 0 Å². The Morgan fingerprint density at radius 3 is 2.41 bits per heavy atom. The second-order valence-corrected chi connectivity index (χ2v) is 7.54. The number of aromatic nitrogens is 1. The predicted molar refractivity (Wildman–Crippen MR) is 100 cm³/mol. The number of piperazine rings is 1. The number of guanidine groups is 1. The third-order valence-corrected chi connectivity index (χ3v) is 3.86. The Balaban J connectivity index is 1.86. The summed E-state index contributed by atoms with van der Waals surface area (Å²) in [6.07, 6.45) is -3.44. The summed E-state index contributed by atoms with van der Waals surface area (Å²) in [5.74, 6) is 0.169. The van der Waals surface area contributed by atoms with Crippen molar-refractivity contribution in [1.82, 2.24) is 14.8 Å². The minimum atomic E-state index is -4.43. The lowest BCUT2D eigenvalue weighted by molar-refractivity contribution is -0.154. The highest BCUT2D eigenvalue weighted by molar-refractivity contribution is 5.78. The van der Waals surface area contributed by atoms with Gasteiger partial charge in [0.1, 0.15) is 5.60 Å². The lowest BCUT2D eigenvalue weighted by Gasteiger charge is -2.36. The van der Waals surface area contributed by atoms with Gasteiger partial charge in [0.2, 0.25) is 5.88 Å². The van der Waals surface area contributed by atoms with Crippen molar-refractivity contribution in [2.45, 2.75) is 39.1 Å². The average molecular weight is 417 g/mol. The Morgan fingerprint density at radius 2 is 1.83 bits per heavy atom. The van der Waals surface area contributed by atoms with E-state index in [-0.39, 0.29) is 18.5 Å². The molecule has 1 saturated heterocycles. The van der Waals surface area contributed by atoms with Crippen molar-refractivity contribution in [2.24, 2.45) is 10.7 Å². The fourth-order valence-electron chi connectivity index (χ4n) is 2.50. The van der Waals surface area contributed by atoms with Gasteiger partial charge in [-0.2, -0.15) is 13.2 Å². The van der Waals surface area contributed by atoms with Gasteiger partial charge in [-0.15, -0.1) is 0 Å². The predicted octanol–water partition coefficient (Wildman–Crippen LogP) is 2.39. The van der Waals surface area contributed by atoms with Crippen LogP contribution in [-0.2, 0) is 11.3 Å². The summed E-state index contributed by atoms with van der Waals surface area (Å²) in [5.41, 5.74) is 6.08. The van der Waals surface area contributed by atoms with Crippen molar-refractivity contribution in [3.05, 3.63) is 23.9 Å². The molecule has 1 aliphatic heterocycles. The van der Waals surface area contributed by atoms with E-state index in [2.05, 4.69) is 14.7 Å². The molecule has 1 aromatic heterocycles. The van der Waals surface area contributed by atoms with Crippen molar-refractivity contribution < 1.29 is 27.4 Å². The summed E-state index contributed by atoms with van der Waals surface area (Å²) in [4.78, 5) is 23.6. The number of hydrogen-bond donors (Lipinski definition) is 1. The molecule has 0 aromatic carbocycles. The van der Waals surface area contributed by atoms with Crippen LogP contribution in [0.3, 0.4) is 0 Å². The maximum Gasteiger partial charge on any atom is 0.422 e. The van der Waals surface area contributed by atoms with Crippen LogP contribution in [0.5, 0.6) is 5.88 Å². The van der Waals surface area contributed by atoms with Gasteiger partial charge in [0, 0.05) is 38.4 Å². The third-order valence-electron chi connectivity index (χ3n) is 3.86. The van der Waals surface area contributed by atoms with Crippen LogP contribution in [0.2, 0.25) is 0 Å². The van der Waals surface area contributed by atoms with E-state index in [9.17, 15) is 18.0 Å². The molecule has 2 heterocycles. The molecule has 0 bridgehead atoms. The Labute approximate surface area is 167 Å². The number of amides is 1. The molecule has 1 aliphatic rings. The number of carbonyl (C=O) groups is 1. The Morgan fingerprint density at radius 1 is 1.21 bits per heavy atom. The van der Waals surface area contributed by atoms with Crippen LogP contribution in [0.1, 0.15) is 26.3 Å². The number of rotatable bonds is 4. The Bertz CT molecular complexity index is 726. The zero-order valence-electron chi connectivity index (χ0n) is 16.7. The van der Waals surface area contributed by atoms with E-state index in [1.54, 1.807) is 11.0 Å². The largest absolute Gasteiger partial charge is 0.468 e. The third kappa shape index (κ3) is 8.04. The molecule has 1 fully saturated rings. The molecule has 2 rings (SSSR count). The summed E-state index contributed by atoms with van der Waals surface area (Å²) in [6.45, 7) is 6.11. The minimum absolute atomic E-state index is 0.125. The van der Waals surface area contributed by atoms with E-state index >= 15 is 0 Å². The molecule has 0 saturated carbocycles. The summed E-state index contributed by atoms with van der Waals surface area (Å²) < 4.78 is 46.7. The van der Waals surface area contributed by atoms with Gasteiger partial charge in [-0.25, -0.2) is 14.8 Å². The van der Waals surface area contributed by atoms with E-state index in [0.29, 0.717) is 37.7 Å². The highest BCUT2D eigenvalue weighted by Crippen LogP contribution is 2.18. The van der Waals surface area contributed by atoms with Crippen LogP contribution >= 0.6 is 0 Å². The van der Waals surface area contributed by atoms with Crippen LogP contribution in [-0.4, -0.2) is 71.4 Å². The number of aliphatic imine (C=N–C) groups is 1. The highest BCUT2D eigenvalue weighted by Gasteiger charge is 2.29. The van der Waals surface area contributed by atoms with Crippen molar-refractivity contribution in [2.75, 3.05) is 32.8 Å². The van der Waals surface area contributed by atoms with Gasteiger partial charge in [0.25, 0.3) is 0 Å². The number of carbonyl (C=O) groups excluding carboxylic acids is 1. The second-order valence-electron chi connectivity index (χ2n) is 7.54. The normalized spacial score (nSPS) is 16.0. The zero-order valence-corrected chi connectivity index (χ0v) is 16.7. The van der Waals surface area contributed by atoms with Gasteiger partial charge in [-0.1, -0.05) is 0 Å². The first-order valence-corrected chi connectivity index (χ1v) is 9.10. The first kappa shape index (κ1) is 22.6. The lowest BCUT2D eigenvalue weighted by Crippen LogP contribution is -2.53. The SMILES string of the molecule is CC(C)(C)OC(=O)N1CCN(C(N)=NCc2ccnc(OCC(F)(F)F)c2)CC1. The van der Waals surface area contributed by atoms with E-state index < -0.39 is 18.4 Å². The lowest BCUT2D eigenvalue weighted by atomic mass is 10.2. The van der Waals surface area contributed by atoms with Crippen LogP contribution in [0, 0.1) is 0 Å². The average Bonchev–Trinajstić information content (AvgIpc) is 2.63. The highest BCUT2D eigenvalue weighted by atomic mass is 19.4. The van der Waals surface area contributed by atoms with Gasteiger partial charge in [-0.05, 0) is 32.4 Å². The van der Waals surface area contributed by atoms with E-state index in [0.717, 1.165) is 0 Å². The summed E-state index contributed by atoms with van der Waals surface area (Å²) in [5, 5.41) is 0. The molecule has 0 unspecified atom stereocenters. The van der Waals surface area contributed by atoms with E-state index in [1.165, 1.54) is 12.3 Å². The maximum atomic E-state index is 12.2. The quantitative estimate of drug-likeness (QED) is 0.597. The Kier molecular flexibility index (Phi) is 7.15. The van der Waals surface area contributed by atoms with Crippen LogP contribution in [0.25, 0.3) is 0 Å². The molecule has 0 spiro atoms. The number of pyridine rings is 1. The molecule has 0 aliphatic carbocycles. The van der Waals surface area contributed by atoms with Crippen LogP contribution in [0.15, 0.2) is 23.3 Å². The monoisotopic (exact) mass is 417 g/mol. The molecule has 11 heteroatoms. The zero-order chi connectivity index (χ0) is 21.7. The summed E-state index contributed by atoms with van der Waals surface area (Å²) in [6, 6.07) is 3.01. The standard InChI is InChI=1S/C18H26F3N5O3/c1-17(2,3)29-16(27)26-8-6-25(7-9-26)15(22)24-11-13-4-5-23-14(10-13)28-12-18(19,20)21/h4-5,10H,6-9,11-12H2,1-3H3,(H2,22,24). The number of alkyl halides is 3. The maximum absolute atomic E-state index is 12.2. The molecule has 1 amide bonds. The first-order chi connectivity index (χ1) is 13.4. The summed E-state index contributed by atoms with van der Waals surface area (Å²) >= 11 is 0. The smallest absolute Gasteiger partial charge is 0.422 e. The number of halogens is 3. The number of nitrogens with two attached hydrogens (primary N) is 1. The van der Waals surface area contributed by atoms with Crippen molar-refractivity contribution in [3.8, 4) is 5.88 Å². The molecule has 29 heavy (non-hydrogen) atoms. The fourth-order valence-corrected chi connectivity index (χ4v) is 2.50. The molecule has 162 valence electrons. The molecule has 0 radical (unpaired) electrons. The fraction of sp³-hybridized carbons (Fsp3) is 0.611. The van der Waals surface area contributed by atoms with Crippen molar-refractivity contribution >= 4 is 12.1 Å². The second kappa shape index (κ2) is 9.19. The van der Waals surface area contributed by atoms with Gasteiger partial charge in [0.05, 0.1) is 6.54 Å². The molecule has 0 atom stereocenters. The summed E-state index contributed by atoms with van der Waals surface area (Å²) in [7, 11) is 0. The number of hydrogen-bond acceptors (Lipinski definition) is 5. The Hall–Kier alpha value is -2.72. The van der Waals surface area contributed by atoms with Gasteiger partial charge in [0.15, 0.2) is 12.6 Å². The van der Waals surface area contributed by atoms with Crippen molar-refractivity contribution in [1.29, 1.82) is 0 Å². The van der Waals surface area contributed by atoms with E-state index in [1.807, 2.05) is 25.7 Å². The molecule has 2 N–H and O–H groups in total. The topological polar surface area (TPSA) is 93.3 Å². The van der Waals surface area contributed by atoms with E-state index in [4.69, 9.17) is 10.5 Å². The van der Waals surface area contributed by atoms with Crippen LogP contribution in [0.4, 0.5) is 18.0 Å². The minimum Gasteiger partial charge on any atom is -0.468 e. The van der Waals surface area contributed by atoms with Crippen LogP contribution < -0.4 is 10.5 Å². The van der Waals surface area contributed by atoms with Gasteiger partial charge < -0.3 is 25.0 Å². The first-order valence-electron chi connectivity index (χ1n) is 9.10. The van der Waals surface area contributed by atoms with Gasteiger partial charge in [-0.3, -0.25) is 0 Å². The van der Waals surface area contributed by atoms with Gasteiger partial charge >= 0.3 is 12.3 Å².